The normalized spacial score (nSPS) is 10.3. The summed E-state index contributed by atoms with van der Waals surface area (Å²) >= 11 is 0. The van der Waals surface area contributed by atoms with Crippen molar-refractivity contribution in [1.29, 1.82) is 0 Å². The second kappa shape index (κ2) is 8.20. The third kappa shape index (κ3) is 4.86. The lowest BCUT2D eigenvalue weighted by molar-refractivity contribution is -0.385. The van der Waals surface area contributed by atoms with Crippen molar-refractivity contribution in [1.82, 2.24) is 5.43 Å². The van der Waals surface area contributed by atoms with Crippen LogP contribution in [-0.4, -0.2) is 30.1 Å². The van der Waals surface area contributed by atoms with Gasteiger partial charge >= 0.3 is 11.8 Å². The third-order valence-electron chi connectivity index (χ3n) is 3.04. The number of nitrogens with zero attached hydrogens (tertiary/aromatic N) is 2. The van der Waals surface area contributed by atoms with Crippen LogP contribution in [-0.2, 0) is 9.59 Å². The molecule has 2 amide bonds. The summed E-state index contributed by atoms with van der Waals surface area (Å²) < 4.78 is 5.01. The van der Waals surface area contributed by atoms with Gasteiger partial charge in [0.05, 0.1) is 23.8 Å². The molecule has 128 valence electrons. The van der Waals surface area contributed by atoms with E-state index >= 15 is 0 Å². The maximum absolute atomic E-state index is 11.8. The lowest BCUT2D eigenvalue weighted by Crippen LogP contribution is -2.32. The minimum Gasteiger partial charge on any atom is -0.497 e. The van der Waals surface area contributed by atoms with E-state index in [1.54, 1.807) is 30.3 Å². The molecule has 0 aliphatic heterocycles. The molecule has 0 bridgehead atoms. The number of hydrogen-bond donors (Lipinski definition) is 2. The van der Waals surface area contributed by atoms with Crippen LogP contribution in [0.5, 0.6) is 5.75 Å². The molecule has 25 heavy (non-hydrogen) atoms. The Morgan fingerprint density at radius 1 is 1.16 bits per heavy atom. The number of nitrogens with one attached hydrogen (secondary N) is 2. The van der Waals surface area contributed by atoms with Crippen molar-refractivity contribution in [3.8, 4) is 5.75 Å². The molecule has 0 saturated carbocycles. The van der Waals surface area contributed by atoms with E-state index in [0.717, 1.165) is 6.21 Å². The SMILES string of the molecule is COc1cccc(NC(=O)C(=O)N/N=C/c2ccccc2[N+](=O)[O-])c1. The standard InChI is InChI=1S/C16H14N4O5/c1-25-13-7-4-6-12(9-13)18-15(21)16(22)19-17-10-11-5-2-3-8-14(11)20(23)24/h2-10H,1H3,(H,18,21)(H,19,22)/b17-10+. The lowest BCUT2D eigenvalue weighted by atomic mass is 10.2. The Bertz CT molecular complexity index is 835. The van der Waals surface area contributed by atoms with Gasteiger partial charge in [-0.3, -0.25) is 19.7 Å². The second-order valence-electron chi connectivity index (χ2n) is 4.70. The fraction of sp³-hybridized carbons (Fsp3) is 0.0625. The number of carbonyl (C=O) groups is 2. The molecule has 0 aliphatic carbocycles. The lowest BCUT2D eigenvalue weighted by Gasteiger charge is -2.05. The summed E-state index contributed by atoms with van der Waals surface area (Å²) in [6.45, 7) is 0. The van der Waals surface area contributed by atoms with E-state index < -0.39 is 16.7 Å². The zero-order valence-electron chi connectivity index (χ0n) is 13.1. The molecule has 0 radical (unpaired) electrons. The van der Waals surface area contributed by atoms with E-state index in [-0.39, 0.29) is 11.3 Å². The minimum absolute atomic E-state index is 0.165. The van der Waals surface area contributed by atoms with Crippen LogP contribution in [0.1, 0.15) is 5.56 Å². The van der Waals surface area contributed by atoms with Gasteiger partial charge in [0.25, 0.3) is 5.69 Å². The van der Waals surface area contributed by atoms with Crippen molar-refractivity contribution in [3.05, 3.63) is 64.2 Å². The topological polar surface area (TPSA) is 123 Å². The number of nitro groups is 1. The molecule has 9 heteroatoms. The smallest absolute Gasteiger partial charge is 0.329 e. The fourth-order valence-electron chi connectivity index (χ4n) is 1.86. The van der Waals surface area contributed by atoms with E-state index in [0.29, 0.717) is 11.4 Å². The van der Waals surface area contributed by atoms with Gasteiger partial charge < -0.3 is 10.1 Å². The van der Waals surface area contributed by atoms with Gasteiger partial charge in [0, 0.05) is 17.8 Å². The number of benzene rings is 2. The second-order valence-corrected chi connectivity index (χ2v) is 4.70. The van der Waals surface area contributed by atoms with Gasteiger partial charge in [-0.25, -0.2) is 5.43 Å². The molecule has 0 saturated heterocycles. The van der Waals surface area contributed by atoms with Crippen LogP contribution in [0.3, 0.4) is 0 Å². The maximum atomic E-state index is 11.8. The quantitative estimate of drug-likeness (QED) is 0.370. The van der Waals surface area contributed by atoms with Crippen LogP contribution in [0.2, 0.25) is 0 Å². The average molecular weight is 342 g/mol. The number of hydrogen-bond acceptors (Lipinski definition) is 6. The van der Waals surface area contributed by atoms with E-state index in [9.17, 15) is 19.7 Å². The Kier molecular flexibility index (Phi) is 5.77. The number of ether oxygens (including phenoxy) is 1. The number of anilines is 1. The number of amides is 2. The Labute approximate surface area is 142 Å². The summed E-state index contributed by atoms with van der Waals surface area (Å²) in [6, 6.07) is 12.3. The highest BCUT2D eigenvalue weighted by Gasteiger charge is 2.14. The first kappa shape index (κ1) is 17.6. The monoisotopic (exact) mass is 342 g/mol. The highest BCUT2D eigenvalue weighted by molar-refractivity contribution is 6.39. The zero-order chi connectivity index (χ0) is 18.2. The molecule has 0 aromatic heterocycles. The van der Waals surface area contributed by atoms with Gasteiger partial charge in [-0.15, -0.1) is 0 Å². The van der Waals surface area contributed by atoms with E-state index in [2.05, 4.69) is 10.4 Å². The molecule has 2 aromatic carbocycles. The third-order valence-corrected chi connectivity index (χ3v) is 3.04. The first-order chi connectivity index (χ1) is 12.0. The van der Waals surface area contributed by atoms with Gasteiger partial charge in [0.15, 0.2) is 0 Å². The molecule has 2 aromatic rings. The molecule has 2 rings (SSSR count). The number of hydrazone groups is 1. The van der Waals surface area contributed by atoms with E-state index in [1.807, 2.05) is 5.43 Å². The van der Waals surface area contributed by atoms with Crippen LogP contribution >= 0.6 is 0 Å². The molecule has 0 heterocycles. The largest absolute Gasteiger partial charge is 0.497 e. The number of para-hydroxylation sites is 1. The Balaban J connectivity index is 1.97. The number of carbonyl (C=O) groups excluding carboxylic acids is 2. The van der Waals surface area contributed by atoms with Crippen LogP contribution < -0.4 is 15.5 Å². The first-order valence-corrected chi connectivity index (χ1v) is 7.03. The van der Waals surface area contributed by atoms with Gasteiger partial charge in [0.2, 0.25) is 0 Å². The average Bonchev–Trinajstić information content (AvgIpc) is 2.62. The van der Waals surface area contributed by atoms with E-state index in [4.69, 9.17) is 4.74 Å². The summed E-state index contributed by atoms with van der Waals surface area (Å²) in [6.07, 6.45) is 1.09. The van der Waals surface area contributed by atoms with Crippen LogP contribution in [0.4, 0.5) is 11.4 Å². The summed E-state index contributed by atoms with van der Waals surface area (Å²) in [5.74, 6) is -1.43. The van der Waals surface area contributed by atoms with Crippen molar-refractivity contribution >= 4 is 29.4 Å². The Morgan fingerprint density at radius 3 is 2.64 bits per heavy atom. The summed E-state index contributed by atoms with van der Waals surface area (Å²) in [4.78, 5) is 33.8. The van der Waals surface area contributed by atoms with Crippen molar-refractivity contribution in [2.75, 3.05) is 12.4 Å². The predicted molar refractivity (Wildman–Crippen MR) is 90.5 cm³/mol. The van der Waals surface area contributed by atoms with Gasteiger partial charge in [-0.2, -0.15) is 5.10 Å². The van der Waals surface area contributed by atoms with Crippen molar-refractivity contribution in [2.24, 2.45) is 5.10 Å². The minimum atomic E-state index is -1.02. The molecule has 2 N–H and O–H groups in total. The van der Waals surface area contributed by atoms with E-state index in [1.165, 1.54) is 25.3 Å². The highest BCUT2D eigenvalue weighted by atomic mass is 16.6. The fourth-order valence-corrected chi connectivity index (χ4v) is 1.86. The molecular formula is C16H14N4O5. The first-order valence-electron chi connectivity index (χ1n) is 7.03. The molecule has 0 unspecified atom stereocenters. The number of rotatable bonds is 5. The summed E-state index contributed by atoms with van der Waals surface area (Å²) in [5.41, 5.74) is 2.42. The van der Waals surface area contributed by atoms with Gasteiger partial charge in [0.1, 0.15) is 5.75 Å². The Hall–Kier alpha value is -3.75. The summed E-state index contributed by atoms with van der Waals surface area (Å²) in [7, 11) is 1.48. The molecular weight excluding hydrogens is 328 g/mol. The number of methoxy groups -OCH3 is 1. The van der Waals surface area contributed by atoms with Crippen molar-refractivity contribution in [2.45, 2.75) is 0 Å². The van der Waals surface area contributed by atoms with Crippen LogP contribution in [0, 0.1) is 10.1 Å². The van der Waals surface area contributed by atoms with Crippen molar-refractivity contribution < 1.29 is 19.2 Å². The maximum Gasteiger partial charge on any atom is 0.329 e. The zero-order valence-corrected chi connectivity index (χ0v) is 13.1. The Morgan fingerprint density at radius 2 is 1.92 bits per heavy atom. The highest BCUT2D eigenvalue weighted by Crippen LogP contribution is 2.16. The van der Waals surface area contributed by atoms with Crippen LogP contribution in [0.25, 0.3) is 0 Å². The molecule has 9 nitrogen and oxygen atoms in total. The van der Waals surface area contributed by atoms with Crippen LogP contribution in [0.15, 0.2) is 53.6 Å². The molecule has 0 fully saturated rings. The molecule has 0 spiro atoms. The predicted octanol–water partition coefficient (Wildman–Crippen LogP) is 1.69. The molecule has 0 atom stereocenters. The number of nitro benzene ring substituents is 1. The summed E-state index contributed by atoms with van der Waals surface area (Å²) in [5, 5.41) is 16.8. The van der Waals surface area contributed by atoms with Gasteiger partial charge in [-0.1, -0.05) is 18.2 Å². The van der Waals surface area contributed by atoms with Crippen molar-refractivity contribution in [3.63, 3.8) is 0 Å². The molecule has 0 aliphatic rings. The van der Waals surface area contributed by atoms with Gasteiger partial charge in [-0.05, 0) is 18.2 Å².